The monoisotopic (exact) mass is 280 g/mol. The van der Waals surface area contributed by atoms with E-state index in [9.17, 15) is 9.18 Å². The highest BCUT2D eigenvalue weighted by Crippen LogP contribution is 2.11. The van der Waals surface area contributed by atoms with Gasteiger partial charge in [0, 0.05) is 26.2 Å². The van der Waals surface area contributed by atoms with Gasteiger partial charge in [-0.2, -0.15) is 0 Å². The Labute approximate surface area is 118 Å². The Kier molecular flexibility index (Phi) is 5.09. The van der Waals surface area contributed by atoms with E-state index in [1.54, 1.807) is 19.1 Å². The highest BCUT2D eigenvalue weighted by Gasteiger charge is 2.23. The van der Waals surface area contributed by atoms with Crippen molar-refractivity contribution < 1.29 is 14.3 Å². The molecule has 4 nitrogen and oxygen atoms in total. The molecule has 0 aliphatic carbocycles. The van der Waals surface area contributed by atoms with Gasteiger partial charge in [0.2, 0.25) is 0 Å². The lowest BCUT2D eigenvalue weighted by atomic mass is 10.2. The summed E-state index contributed by atoms with van der Waals surface area (Å²) in [5.74, 6) is -0.983. The van der Waals surface area contributed by atoms with Crippen molar-refractivity contribution in [2.45, 2.75) is 25.9 Å². The molecule has 1 aliphatic heterocycles. The van der Waals surface area contributed by atoms with Gasteiger partial charge < -0.3 is 5.11 Å². The lowest BCUT2D eigenvalue weighted by Gasteiger charge is -2.24. The van der Waals surface area contributed by atoms with Crippen molar-refractivity contribution in [3.05, 3.63) is 35.6 Å². The van der Waals surface area contributed by atoms with Crippen LogP contribution in [0.25, 0.3) is 0 Å². The van der Waals surface area contributed by atoms with Gasteiger partial charge in [0.05, 0.1) is 0 Å². The van der Waals surface area contributed by atoms with Gasteiger partial charge >= 0.3 is 5.97 Å². The second-order valence-corrected chi connectivity index (χ2v) is 5.31. The third kappa shape index (κ3) is 4.02. The molecule has 0 amide bonds. The van der Waals surface area contributed by atoms with E-state index in [1.165, 1.54) is 12.1 Å². The number of rotatable bonds is 4. The first-order valence-corrected chi connectivity index (χ1v) is 7.00. The molecule has 0 radical (unpaired) electrons. The molecule has 1 heterocycles. The third-order valence-electron chi connectivity index (χ3n) is 3.85. The third-order valence-corrected chi connectivity index (χ3v) is 3.85. The molecule has 1 saturated heterocycles. The van der Waals surface area contributed by atoms with E-state index in [0.29, 0.717) is 0 Å². The van der Waals surface area contributed by atoms with Gasteiger partial charge in [-0.25, -0.2) is 4.39 Å². The molecule has 0 aromatic heterocycles. The number of carbonyl (C=O) groups is 1. The Morgan fingerprint density at radius 1 is 1.25 bits per heavy atom. The summed E-state index contributed by atoms with van der Waals surface area (Å²) in [5, 5.41) is 9.06. The molecule has 5 heteroatoms. The number of aliphatic carboxylic acids is 1. The molecular weight excluding hydrogens is 259 g/mol. The second kappa shape index (κ2) is 6.81. The van der Waals surface area contributed by atoms with Gasteiger partial charge in [-0.3, -0.25) is 14.6 Å². The maximum absolute atomic E-state index is 12.9. The Hall–Kier alpha value is -1.46. The van der Waals surface area contributed by atoms with Crippen LogP contribution in [0.3, 0.4) is 0 Å². The molecular formula is C15H21FN2O2. The van der Waals surface area contributed by atoms with Crippen LogP contribution in [0.2, 0.25) is 0 Å². The van der Waals surface area contributed by atoms with E-state index >= 15 is 0 Å². The molecule has 1 aromatic rings. The summed E-state index contributed by atoms with van der Waals surface area (Å²) in [5.41, 5.74) is 1.09. The minimum atomic E-state index is -0.767. The molecule has 1 aliphatic rings. The summed E-state index contributed by atoms with van der Waals surface area (Å²) in [6, 6.07) is 6.13. The summed E-state index contributed by atoms with van der Waals surface area (Å²) in [4.78, 5) is 15.3. The molecule has 1 atom stereocenters. The number of hydrogen-bond acceptors (Lipinski definition) is 3. The number of carboxylic acids is 1. The van der Waals surface area contributed by atoms with Crippen LogP contribution in [0, 0.1) is 5.82 Å². The second-order valence-electron chi connectivity index (χ2n) is 5.31. The smallest absolute Gasteiger partial charge is 0.320 e. The minimum absolute atomic E-state index is 0.217. The van der Waals surface area contributed by atoms with Crippen LogP contribution in [0.15, 0.2) is 24.3 Å². The minimum Gasteiger partial charge on any atom is -0.480 e. The molecule has 110 valence electrons. The van der Waals surface area contributed by atoms with E-state index in [-0.39, 0.29) is 5.82 Å². The standard InChI is InChI=1S/C15H21FN2O2/c1-12(15(19)20)18-8-2-7-17(9-10-18)11-13-3-5-14(16)6-4-13/h3-6,12H,2,7-11H2,1H3,(H,19,20). The van der Waals surface area contributed by atoms with Crippen molar-refractivity contribution in [3.63, 3.8) is 0 Å². The molecule has 1 fully saturated rings. The van der Waals surface area contributed by atoms with Crippen molar-refractivity contribution in [1.82, 2.24) is 9.80 Å². The summed E-state index contributed by atoms with van der Waals surface area (Å²) < 4.78 is 12.9. The average Bonchev–Trinajstić information content (AvgIpc) is 2.66. The Balaban J connectivity index is 1.89. The highest BCUT2D eigenvalue weighted by molar-refractivity contribution is 5.72. The van der Waals surface area contributed by atoms with E-state index in [0.717, 1.165) is 44.7 Å². The van der Waals surface area contributed by atoms with Gasteiger partial charge in [0.1, 0.15) is 11.9 Å². The lowest BCUT2D eigenvalue weighted by molar-refractivity contribution is -0.142. The zero-order valence-corrected chi connectivity index (χ0v) is 11.8. The number of benzene rings is 1. The van der Waals surface area contributed by atoms with Gasteiger partial charge in [-0.1, -0.05) is 12.1 Å². The number of carboxylic acid groups (broad SMARTS) is 1. The predicted molar refractivity (Wildman–Crippen MR) is 75.0 cm³/mol. The van der Waals surface area contributed by atoms with Crippen LogP contribution < -0.4 is 0 Å². The molecule has 2 rings (SSSR count). The van der Waals surface area contributed by atoms with Crippen molar-refractivity contribution in [2.75, 3.05) is 26.2 Å². The average molecular weight is 280 g/mol. The molecule has 1 unspecified atom stereocenters. The number of halogens is 1. The van der Waals surface area contributed by atoms with Gasteiger partial charge in [0.15, 0.2) is 0 Å². The van der Waals surface area contributed by atoms with Crippen LogP contribution in [0.1, 0.15) is 18.9 Å². The van der Waals surface area contributed by atoms with E-state index in [4.69, 9.17) is 5.11 Å². The predicted octanol–water partition coefficient (Wildman–Crippen LogP) is 1.81. The van der Waals surface area contributed by atoms with E-state index in [1.807, 2.05) is 4.90 Å². The Morgan fingerprint density at radius 3 is 2.60 bits per heavy atom. The normalized spacial score (nSPS) is 19.5. The first-order valence-electron chi connectivity index (χ1n) is 7.00. The topological polar surface area (TPSA) is 43.8 Å². The fraction of sp³-hybridized carbons (Fsp3) is 0.533. The molecule has 0 spiro atoms. The molecule has 1 aromatic carbocycles. The molecule has 0 bridgehead atoms. The fourth-order valence-corrected chi connectivity index (χ4v) is 2.54. The van der Waals surface area contributed by atoms with E-state index in [2.05, 4.69) is 4.90 Å². The summed E-state index contributed by atoms with van der Waals surface area (Å²) in [6.07, 6.45) is 0.957. The first-order chi connectivity index (χ1) is 9.56. The van der Waals surface area contributed by atoms with Crippen LogP contribution >= 0.6 is 0 Å². The fourth-order valence-electron chi connectivity index (χ4n) is 2.54. The van der Waals surface area contributed by atoms with Crippen LogP contribution in [-0.2, 0) is 11.3 Å². The maximum Gasteiger partial charge on any atom is 0.320 e. The van der Waals surface area contributed by atoms with Gasteiger partial charge in [-0.05, 0) is 37.6 Å². The quantitative estimate of drug-likeness (QED) is 0.913. The van der Waals surface area contributed by atoms with Crippen molar-refractivity contribution in [3.8, 4) is 0 Å². The van der Waals surface area contributed by atoms with Crippen LogP contribution in [0.4, 0.5) is 4.39 Å². The molecule has 0 saturated carbocycles. The first kappa shape index (κ1) is 14.9. The molecule has 20 heavy (non-hydrogen) atoms. The SMILES string of the molecule is CC(C(=O)O)N1CCCN(Cc2ccc(F)cc2)CC1. The summed E-state index contributed by atoms with van der Waals surface area (Å²) in [7, 11) is 0. The molecule has 1 N–H and O–H groups in total. The largest absolute Gasteiger partial charge is 0.480 e. The van der Waals surface area contributed by atoms with Gasteiger partial charge in [-0.15, -0.1) is 0 Å². The Morgan fingerprint density at radius 2 is 1.95 bits per heavy atom. The van der Waals surface area contributed by atoms with Gasteiger partial charge in [0.25, 0.3) is 0 Å². The van der Waals surface area contributed by atoms with Crippen LogP contribution in [-0.4, -0.2) is 53.1 Å². The number of nitrogens with zero attached hydrogens (tertiary/aromatic N) is 2. The lowest BCUT2D eigenvalue weighted by Crippen LogP contribution is -2.41. The summed E-state index contributed by atoms with van der Waals surface area (Å²) in [6.45, 7) is 5.88. The van der Waals surface area contributed by atoms with E-state index < -0.39 is 12.0 Å². The van der Waals surface area contributed by atoms with Crippen molar-refractivity contribution in [2.24, 2.45) is 0 Å². The Bertz CT molecular complexity index is 450. The maximum atomic E-state index is 12.9. The van der Waals surface area contributed by atoms with Crippen molar-refractivity contribution >= 4 is 5.97 Å². The zero-order chi connectivity index (χ0) is 14.5. The van der Waals surface area contributed by atoms with Crippen LogP contribution in [0.5, 0.6) is 0 Å². The highest BCUT2D eigenvalue weighted by atomic mass is 19.1. The summed E-state index contributed by atoms with van der Waals surface area (Å²) >= 11 is 0. The van der Waals surface area contributed by atoms with Crippen molar-refractivity contribution in [1.29, 1.82) is 0 Å². The zero-order valence-electron chi connectivity index (χ0n) is 11.8. The number of hydrogen-bond donors (Lipinski definition) is 1.